The molecular formula is C23H27N3O4S. The van der Waals surface area contributed by atoms with Crippen molar-refractivity contribution in [2.75, 3.05) is 19.8 Å². The minimum atomic E-state index is -0.222. The number of hydrogen-bond acceptors (Lipinski definition) is 7. The van der Waals surface area contributed by atoms with Crippen molar-refractivity contribution in [2.45, 2.75) is 34.2 Å². The lowest BCUT2D eigenvalue weighted by Gasteiger charge is -2.17. The van der Waals surface area contributed by atoms with E-state index in [1.807, 2.05) is 39.8 Å². The van der Waals surface area contributed by atoms with Gasteiger partial charge in [0.25, 0.3) is 5.91 Å². The van der Waals surface area contributed by atoms with Crippen LogP contribution in [0.3, 0.4) is 0 Å². The van der Waals surface area contributed by atoms with Gasteiger partial charge in [0.1, 0.15) is 5.01 Å². The van der Waals surface area contributed by atoms with Crippen LogP contribution in [0, 0.1) is 6.92 Å². The van der Waals surface area contributed by atoms with E-state index in [0.29, 0.717) is 49.2 Å². The highest BCUT2D eigenvalue weighted by atomic mass is 32.1. The number of hydrogen-bond donors (Lipinski definition) is 1. The molecule has 7 nitrogen and oxygen atoms in total. The molecule has 0 unspecified atom stereocenters. The average Bonchev–Trinajstić information content (AvgIpc) is 3.15. The van der Waals surface area contributed by atoms with Gasteiger partial charge in [0.05, 0.1) is 32.1 Å². The van der Waals surface area contributed by atoms with Gasteiger partial charge in [0.15, 0.2) is 11.5 Å². The lowest BCUT2D eigenvalue weighted by molar-refractivity contribution is 0.0950. The molecule has 0 radical (unpaired) electrons. The Bertz CT molecular complexity index is 994. The highest BCUT2D eigenvalue weighted by Crippen LogP contribution is 2.39. The molecule has 2 aromatic heterocycles. The van der Waals surface area contributed by atoms with Gasteiger partial charge in [0.2, 0.25) is 5.75 Å². The van der Waals surface area contributed by atoms with E-state index in [0.717, 1.165) is 21.1 Å². The third-order valence-corrected chi connectivity index (χ3v) is 5.59. The molecule has 0 saturated carbocycles. The SMILES string of the molecule is CCOc1cc(C(=O)NCc2sc(-c3cccnc3)nc2C)cc(OCC)c1OCC. The Morgan fingerprint density at radius 2 is 1.74 bits per heavy atom. The predicted molar refractivity (Wildman–Crippen MR) is 121 cm³/mol. The number of carbonyl (C=O) groups excluding carboxylic acids is 1. The molecule has 2 heterocycles. The molecule has 31 heavy (non-hydrogen) atoms. The molecule has 0 aliphatic rings. The molecule has 0 aliphatic carbocycles. The summed E-state index contributed by atoms with van der Waals surface area (Å²) in [5.74, 6) is 1.28. The Labute approximate surface area is 186 Å². The summed E-state index contributed by atoms with van der Waals surface area (Å²) in [6, 6.07) is 7.23. The fourth-order valence-electron chi connectivity index (χ4n) is 2.99. The first kappa shape index (κ1) is 22.6. The van der Waals surface area contributed by atoms with Crippen LogP contribution in [0.4, 0.5) is 0 Å². The first-order chi connectivity index (χ1) is 15.1. The Morgan fingerprint density at radius 3 is 2.32 bits per heavy atom. The standard InChI is InChI=1S/C23H27N3O4S/c1-5-28-18-11-17(12-19(29-6-2)21(18)30-7-3)22(27)25-14-20-15(4)26-23(31-20)16-9-8-10-24-13-16/h8-13H,5-7,14H2,1-4H3,(H,25,27). The number of carbonyl (C=O) groups is 1. The van der Waals surface area contributed by atoms with Gasteiger partial charge in [0, 0.05) is 28.4 Å². The molecule has 0 saturated heterocycles. The third-order valence-electron chi connectivity index (χ3n) is 4.38. The second kappa shape index (κ2) is 10.8. The van der Waals surface area contributed by atoms with E-state index in [9.17, 15) is 4.79 Å². The summed E-state index contributed by atoms with van der Waals surface area (Å²) in [6.45, 7) is 9.35. The molecule has 8 heteroatoms. The predicted octanol–water partition coefficient (Wildman–Crippen LogP) is 4.64. The number of pyridine rings is 1. The van der Waals surface area contributed by atoms with Crippen LogP contribution in [-0.4, -0.2) is 35.7 Å². The number of benzene rings is 1. The molecule has 0 fully saturated rings. The van der Waals surface area contributed by atoms with Crippen LogP contribution in [-0.2, 0) is 6.54 Å². The number of nitrogens with zero attached hydrogens (tertiary/aromatic N) is 2. The summed E-state index contributed by atoms with van der Waals surface area (Å²) in [6.07, 6.45) is 3.51. The van der Waals surface area contributed by atoms with Crippen molar-refractivity contribution in [2.24, 2.45) is 0 Å². The van der Waals surface area contributed by atoms with E-state index < -0.39 is 0 Å². The minimum Gasteiger partial charge on any atom is -0.490 e. The molecule has 3 rings (SSSR count). The van der Waals surface area contributed by atoms with Gasteiger partial charge in [-0.15, -0.1) is 11.3 Å². The normalized spacial score (nSPS) is 10.6. The van der Waals surface area contributed by atoms with E-state index in [2.05, 4.69) is 15.3 Å². The van der Waals surface area contributed by atoms with Crippen LogP contribution in [0.2, 0.25) is 0 Å². The van der Waals surface area contributed by atoms with Crippen molar-refractivity contribution < 1.29 is 19.0 Å². The van der Waals surface area contributed by atoms with E-state index >= 15 is 0 Å². The topological polar surface area (TPSA) is 82.6 Å². The van der Waals surface area contributed by atoms with Gasteiger partial charge >= 0.3 is 0 Å². The van der Waals surface area contributed by atoms with Crippen molar-refractivity contribution in [3.8, 4) is 27.8 Å². The zero-order valence-corrected chi connectivity index (χ0v) is 19.0. The monoisotopic (exact) mass is 441 g/mol. The van der Waals surface area contributed by atoms with Gasteiger partial charge in [-0.3, -0.25) is 9.78 Å². The van der Waals surface area contributed by atoms with Crippen LogP contribution >= 0.6 is 11.3 Å². The fourth-order valence-corrected chi connectivity index (χ4v) is 3.98. The molecule has 1 aromatic carbocycles. The van der Waals surface area contributed by atoms with Crippen LogP contribution in [0.5, 0.6) is 17.2 Å². The highest BCUT2D eigenvalue weighted by Gasteiger charge is 2.19. The van der Waals surface area contributed by atoms with Crippen LogP contribution in [0.15, 0.2) is 36.7 Å². The molecule has 0 spiro atoms. The van der Waals surface area contributed by atoms with Gasteiger partial charge in [-0.2, -0.15) is 0 Å². The molecule has 1 N–H and O–H groups in total. The van der Waals surface area contributed by atoms with Gasteiger partial charge in [-0.05, 0) is 52.0 Å². The number of ether oxygens (including phenoxy) is 3. The molecule has 0 aliphatic heterocycles. The van der Waals surface area contributed by atoms with Crippen molar-refractivity contribution in [3.63, 3.8) is 0 Å². The Balaban J connectivity index is 1.79. The number of aryl methyl sites for hydroxylation is 1. The summed E-state index contributed by atoms with van der Waals surface area (Å²) in [4.78, 5) is 22.6. The maximum Gasteiger partial charge on any atom is 0.251 e. The third kappa shape index (κ3) is 5.52. The second-order valence-corrected chi connectivity index (χ2v) is 7.64. The van der Waals surface area contributed by atoms with Crippen molar-refractivity contribution in [1.29, 1.82) is 0 Å². The molecule has 1 amide bonds. The number of nitrogens with one attached hydrogen (secondary N) is 1. The average molecular weight is 442 g/mol. The first-order valence-corrected chi connectivity index (χ1v) is 11.1. The largest absolute Gasteiger partial charge is 0.490 e. The molecular weight excluding hydrogens is 414 g/mol. The molecule has 164 valence electrons. The molecule has 0 bridgehead atoms. The van der Waals surface area contributed by atoms with Crippen LogP contribution in [0.1, 0.15) is 41.7 Å². The number of rotatable bonds is 10. The minimum absolute atomic E-state index is 0.222. The fraction of sp³-hybridized carbons (Fsp3) is 0.348. The highest BCUT2D eigenvalue weighted by molar-refractivity contribution is 7.15. The first-order valence-electron chi connectivity index (χ1n) is 10.3. The maximum atomic E-state index is 12.9. The lowest BCUT2D eigenvalue weighted by atomic mass is 10.1. The van der Waals surface area contributed by atoms with Crippen LogP contribution in [0.25, 0.3) is 10.6 Å². The zero-order chi connectivity index (χ0) is 22.2. The van der Waals surface area contributed by atoms with Gasteiger partial charge in [-0.1, -0.05) is 0 Å². The Kier molecular flexibility index (Phi) is 7.83. The molecule has 3 aromatic rings. The number of thiazole rings is 1. The number of aromatic nitrogens is 2. The van der Waals surface area contributed by atoms with Crippen molar-refractivity contribution in [3.05, 3.63) is 52.8 Å². The van der Waals surface area contributed by atoms with E-state index in [-0.39, 0.29) is 5.91 Å². The summed E-state index contributed by atoms with van der Waals surface area (Å²) < 4.78 is 17.1. The summed E-state index contributed by atoms with van der Waals surface area (Å²) in [5.41, 5.74) is 2.30. The van der Waals surface area contributed by atoms with Crippen LogP contribution < -0.4 is 19.5 Å². The second-order valence-electron chi connectivity index (χ2n) is 6.55. The van der Waals surface area contributed by atoms with E-state index in [1.54, 1.807) is 35.9 Å². The zero-order valence-electron chi connectivity index (χ0n) is 18.2. The lowest BCUT2D eigenvalue weighted by Crippen LogP contribution is -2.23. The summed E-state index contributed by atoms with van der Waals surface area (Å²) in [7, 11) is 0. The summed E-state index contributed by atoms with van der Waals surface area (Å²) >= 11 is 1.55. The van der Waals surface area contributed by atoms with E-state index in [4.69, 9.17) is 14.2 Å². The molecule has 0 atom stereocenters. The van der Waals surface area contributed by atoms with E-state index in [1.165, 1.54) is 0 Å². The quantitative estimate of drug-likeness (QED) is 0.494. The number of amides is 1. The smallest absolute Gasteiger partial charge is 0.251 e. The van der Waals surface area contributed by atoms with Crippen molar-refractivity contribution in [1.82, 2.24) is 15.3 Å². The maximum absolute atomic E-state index is 12.9. The Morgan fingerprint density at radius 1 is 1.06 bits per heavy atom. The van der Waals surface area contributed by atoms with Gasteiger partial charge < -0.3 is 19.5 Å². The van der Waals surface area contributed by atoms with Gasteiger partial charge in [-0.25, -0.2) is 4.98 Å². The van der Waals surface area contributed by atoms with Crippen molar-refractivity contribution >= 4 is 17.2 Å². The summed E-state index contributed by atoms with van der Waals surface area (Å²) in [5, 5.41) is 3.86. The Hall–Kier alpha value is -3.13.